The molecule has 7 nitrogen and oxygen atoms in total. The van der Waals surface area contributed by atoms with Crippen LogP contribution in [0.2, 0.25) is 5.02 Å². The van der Waals surface area contributed by atoms with Gasteiger partial charge in [-0.25, -0.2) is 8.42 Å². The summed E-state index contributed by atoms with van der Waals surface area (Å²) >= 11 is 6.45. The highest BCUT2D eigenvalue weighted by molar-refractivity contribution is 7.92. The molecular formula is C29H34ClN3O4S. The zero-order chi connectivity index (χ0) is 27.9. The number of anilines is 1. The molecular weight excluding hydrogens is 522 g/mol. The topological polar surface area (TPSA) is 86.8 Å². The third-order valence-corrected chi connectivity index (χ3v) is 7.56. The SMILES string of the molecule is Cc1ccccc1N(CC(=O)N(Cc1ccccc1Cl)[C@@H](Cc1ccccc1)C(=O)NC(C)C)S(C)(=O)=O. The Balaban J connectivity index is 2.08. The van der Waals surface area contributed by atoms with Crippen molar-refractivity contribution in [1.29, 1.82) is 0 Å². The number of halogens is 1. The fourth-order valence-corrected chi connectivity index (χ4v) is 5.29. The smallest absolute Gasteiger partial charge is 0.244 e. The largest absolute Gasteiger partial charge is 0.352 e. The van der Waals surface area contributed by atoms with Gasteiger partial charge in [0, 0.05) is 24.0 Å². The summed E-state index contributed by atoms with van der Waals surface area (Å²) in [4.78, 5) is 29.0. The maximum atomic E-state index is 14.0. The predicted octanol–water partition coefficient (Wildman–Crippen LogP) is 4.58. The van der Waals surface area contributed by atoms with E-state index in [1.165, 1.54) is 4.90 Å². The molecule has 0 unspecified atom stereocenters. The Morgan fingerprint density at radius 2 is 1.53 bits per heavy atom. The van der Waals surface area contributed by atoms with E-state index in [0.29, 0.717) is 21.8 Å². The number of nitrogens with zero attached hydrogens (tertiary/aromatic N) is 2. The zero-order valence-corrected chi connectivity index (χ0v) is 23.7. The van der Waals surface area contributed by atoms with E-state index in [2.05, 4.69) is 5.32 Å². The highest BCUT2D eigenvalue weighted by atomic mass is 35.5. The molecule has 0 fully saturated rings. The molecule has 0 saturated carbocycles. The summed E-state index contributed by atoms with van der Waals surface area (Å²) in [5, 5.41) is 3.38. The standard InChI is InChI=1S/C29H34ClN3O4S/c1-21(2)31-29(35)27(18-23-13-6-5-7-14-23)32(19-24-15-9-10-16-25(24)30)28(34)20-33(38(4,36)37)26-17-11-8-12-22(26)3/h5-17,21,27H,18-20H2,1-4H3,(H,31,35)/t27-/m0/s1. The molecule has 0 radical (unpaired) electrons. The van der Waals surface area contributed by atoms with Gasteiger partial charge >= 0.3 is 0 Å². The van der Waals surface area contributed by atoms with Crippen LogP contribution in [0.4, 0.5) is 5.69 Å². The summed E-state index contributed by atoms with van der Waals surface area (Å²) in [7, 11) is -3.81. The van der Waals surface area contributed by atoms with E-state index in [0.717, 1.165) is 16.1 Å². The first kappa shape index (κ1) is 29.2. The van der Waals surface area contributed by atoms with E-state index >= 15 is 0 Å². The first-order chi connectivity index (χ1) is 18.0. The highest BCUT2D eigenvalue weighted by Gasteiger charge is 2.33. The van der Waals surface area contributed by atoms with E-state index in [1.807, 2.05) is 44.2 Å². The monoisotopic (exact) mass is 555 g/mol. The number of amides is 2. The third-order valence-electron chi connectivity index (χ3n) is 6.06. The second-order valence-electron chi connectivity index (χ2n) is 9.54. The van der Waals surface area contributed by atoms with E-state index in [1.54, 1.807) is 55.5 Å². The van der Waals surface area contributed by atoms with Crippen molar-refractivity contribution in [2.45, 2.75) is 45.8 Å². The fourth-order valence-electron chi connectivity index (χ4n) is 4.18. The molecule has 38 heavy (non-hydrogen) atoms. The first-order valence-electron chi connectivity index (χ1n) is 12.4. The second-order valence-corrected chi connectivity index (χ2v) is 11.9. The highest BCUT2D eigenvalue weighted by Crippen LogP contribution is 2.24. The van der Waals surface area contributed by atoms with Gasteiger partial charge < -0.3 is 10.2 Å². The molecule has 9 heteroatoms. The van der Waals surface area contributed by atoms with Crippen molar-refractivity contribution in [3.8, 4) is 0 Å². The van der Waals surface area contributed by atoms with Gasteiger partial charge in [0.25, 0.3) is 0 Å². The zero-order valence-electron chi connectivity index (χ0n) is 22.1. The quantitative estimate of drug-likeness (QED) is 0.375. The van der Waals surface area contributed by atoms with Gasteiger partial charge in [-0.15, -0.1) is 0 Å². The molecule has 0 aliphatic rings. The third kappa shape index (κ3) is 7.82. The van der Waals surface area contributed by atoms with Crippen LogP contribution in [0.15, 0.2) is 78.9 Å². The molecule has 1 atom stereocenters. The normalized spacial score (nSPS) is 12.2. The molecule has 0 bridgehead atoms. The van der Waals surface area contributed by atoms with E-state index in [-0.39, 0.29) is 24.9 Å². The lowest BCUT2D eigenvalue weighted by Crippen LogP contribution is -2.54. The molecule has 1 N–H and O–H groups in total. The Bertz CT molecular complexity index is 1360. The van der Waals surface area contributed by atoms with Gasteiger partial charge in [0.05, 0.1) is 11.9 Å². The number of benzene rings is 3. The molecule has 3 rings (SSSR count). The summed E-state index contributed by atoms with van der Waals surface area (Å²) in [5.41, 5.74) is 2.64. The maximum Gasteiger partial charge on any atom is 0.244 e. The predicted molar refractivity (Wildman–Crippen MR) is 153 cm³/mol. The maximum absolute atomic E-state index is 14.0. The number of aryl methyl sites for hydroxylation is 1. The lowest BCUT2D eigenvalue weighted by atomic mass is 10.0. The van der Waals surface area contributed by atoms with Crippen molar-refractivity contribution in [2.24, 2.45) is 0 Å². The van der Waals surface area contributed by atoms with Crippen molar-refractivity contribution in [2.75, 3.05) is 17.1 Å². The first-order valence-corrected chi connectivity index (χ1v) is 14.6. The number of hydrogen-bond acceptors (Lipinski definition) is 4. The van der Waals surface area contributed by atoms with Crippen LogP contribution in [0.25, 0.3) is 0 Å². The van der Waals surface area contributed by atoms with Gasteiger partial charge in [0.15, 0.2) is 0 Å². The summed E-state index contributed by atoms with van der Waals surface area (Å²) in [6.07, 6.45) is 1.32. The van der Waals surface area contributed by atoms with Crippen molar-refractivity contribution in [3.63, 3.8) is 0 Å². The number of para-hydroxylation sites is 1. The number of nitrogens with one attached hydrogen (secondary N) is 1. The van der Waals surface area contributed by atoms with Crippen LogP contribution in [-0.4, -0.2) is 50.0 Å². The summed E-state index contributed by atoms with van der Waals surface area (Å²) < 4.78 is 26.8. The Labute approximate surface area is 230 Å². The number of rotatable bonds is 11. The Morgan fingerprint density at radius 3 is 2.13 bits per heavy atom. The lowest BCUT2D eigenvalue weighted by Gasteiger charge is -2.34. The van der Waals surface area contributed by atoms with Crippen molar-refractivity contribution in [1.82, 2.24) is 10.2 Å². The summed E-state index contributed by atoms with van der Waals surface area (Å²) in [6.45, 7) is 5.05. The van der Waals surface area contributed by atoms with Gasteiger partial charge in [0.2, 0.25) is 21.8 Å². The molecule has 0 aromatic heterocycles. The van der Waals surface area contributed by atoms with Gasteiger partial charge in [-0.1, -0.05) is 78.3 Å². The van der Waals surface area contributed by atoms with Crippen LogP contribution >= 0.6 is 11.6 Å². The molecule has 3 aromatic rings. The Kier molecular flexibility index (Phi) is 9.94. The second kappa shape index (κ2) is 12.9. The average Bonchev–Trinajstić information content (AvgIpc) is 2.85. The average molecular weight is 556 g/mol. The number of sulfonamides is 1. The van der Waals surface area contributed by atoms with Crippen molar-refractivity contribution < 1.29 is 18.0 Å². The van der Waals surface area contributed by atoms with Gasteiger partial charge in [-0.05, 0) is 49.6 Å². The van der Waals surface area contributed by atoms with Gasteiger partial charge in [-0.2, -0.15) is 0 Å². The minimum absolute atomic E-state index is 0.0346. The number of carbonyl (C=O) groups excluding carboxylic acids is 2. The fraction of sp³-hybridized carbons (Fsp3) is 0.310. The van der Waals surface area contributed by atoms with Gasteiger partial charge in [-0.3, -0.25) is 13.9 Å². The van der Waals surface area contributed by atoms with Crippen LogP contribution in [0.5, 0.6) is 0 Å². The molecule has 0 aliphatic carbocycles. The molecule has 0 heterocycles. The van der Waals surface area contributed by atoms with Crippen LogP contribution in [-0.2, 0) is 32.6 Å². The molecule has 0 spiro atoms. The molecule has 202 valence electrons. The lowest BCUT2D eigenvalue weighted by molar-refractivity contribution is -0.140. The molecule has 2 amide bonds. The van der Waals surface area contributed by atoms with Crippen LogP contribution in [0, 0.1) is 6.92 Å². The number of carbonyl (C=O) groups is 2. The van der Waals surface area contributed by atoms with E-state index < -0.39 is 28.5 Å². The van der Waals surface area contributed by atoms with E-state index in [9.17, 15) is 18.0 Å². The van der Waals surface area contributed by atoms with E-state index in [4.69, 9.17) is 11.6 Å². The number of hydrogen-bond donors (Lipinski definition) is 1. The van der Waals surface area contributed by atoms with Crippen LogP contribution < -0.4 is 9.62 Å². The van der Waals surface area contributed by atoms with Crippen LogP contribution in [0.1, 0.15) is 30.5 Å². The van der Waals surface area contributed by atoms with Crippen LogP contribution in [0.3, 0.4) is 0 Å². The minimum atomic E-state index is -3.81. The Morgan fingerprint density at radius 1 is 0.921 bits per heavy atom. The molecule has 0 aliphatic heterocycles. The Hall–Kier alpha value is -3.36. The molecule has 3 aromatic carbocycles. The summed E-state index contributed by atoms with van der Waals surface area (Å²) in [5.74, 6) is -0.843. The van der Waals surface area contributed by atoms with Gasteiger partial charge in [0.1, 0.15) is 12.6 Å². The molecule has 0 saturated heterocycles. The van der Waals surface area contributed by atoms with Crippen molar-refractivity contribution in [3.05, 3.63) is 101 Å². The van der Waals surface area contributed by atoms with Crippen molar-refractivity contribution >= 4 is 39.1 Å². The summed E-state index contributed by atoms with van der Waals surface area (Å²) in [6, 6.07) is 22.4. The minimum Gasteiger partial charge on any atom is -0.352 e.